The van der Waals surface area contributed by atoms with Gasteiger partial charge in [0.1, 0.15) is 11.2 Å². The van der Waals surface area contributed by atoms with Crippen molar-refractivity contribution < 1.29 is 4.42 Å². The number of fused-ring (bicyclic) bond motifs is 9. The van der Waals surface area contributed by atoms with E-state index in [9.17, 15) is 0 Å². The van der Waals surface area contributed by atoms with E-state index in [1.54, 1.807) is 0 Å². The quantitative estimate of drug-likeness (QED) is 0.149. The molecule has 3 nitrogen and oxygen atoms in total. The van der Waals surface area contributed by atoms with Gasteiger partial charge in [-0.15, -0.1) is 0 Å². The molecule has 11 aromatic carbocycles. The Morgan fingerprint density at radius 2 is 0.846 bits per heavy atom. The van der Waals surface area contributed by atoms with Gasteiger partial charge >= 0.3 is 0 Å². The van der Waals surface area contributed by atoms with Crippen molar-refractivity contribution in [3.63, 3.8) is 0 Å². The maximum Gasteiger partial charge on any atom is 0.143 e. The predicted molar refractivity (Wildman–Crippen MR) is 274 cm³/mol. The van der Waals surface area contributed by atoms with Gasteiger partial charge in [-0.2, -0.15) is 0 Å². The molecule has 3 heteroatoms. The minimum atomic E-state index is 0.863. The Morgan fingerprint density at radius 3 is 1.58 bits per heavy atom. The summed E-state index contributed by atoms with van der Waals surface area (Å²) in [5, 5.41) is 9.65. The third-order valence-electron chi connectivity index (χ3n) is 13.2. The van der Waals surface area contributed by atoms with E-state index in [1.807, 2.05) is 0 Å². The van der Waals surface area contributed by atoms with Crippen molar-refractivity contribution >= 4 is 82.4 Å². The Morgan fingerprint density at radius 1 is 0.308 bits per heavy atom. The van der Waals surface area contributed by atoms with Crippen molar-refractivity contribution in [1.29, 1.82) is 0 Å². The molecule has 2 aromatic heterocycles. The molecule has 0 aliphatic rings. The van der Waals surface area contributed by atoms with Crippen LogP contribution in [0.25, 0.3) is 104 Å². The minimum Gasteiger partial charge on any atom is -0.455 e. The number of furan rings is 1. The van der Waals surface area contributed by atoms with Crippen molar-refractivity contribution in [3.05, 3.63) is 243 Å². The molecule has 0 unspecified atom stereocenters. The van der Waals surface area contributed by atoms with Gasteiger partial charge in [-0.05, 0) is 111 Å². The molecular formula is C62H40N2O. The zero-order chi connectivity index (χ0) is 42.8. The summed E-state index contributed by atoms with van der Waals surface area (Å²) < 4.78 is 9.30. The number of hydrogen-bond donors (Lipinski definition) is 0. The molecule has 0 saturated heterocycles. The van der Waals surface area contributed by atoms with Crippen molar-refractivity contribution in [1.82, 2.24) is 4.57 Å². The normalized spacial score (nSPS) is 11.7. The van der Waals surface area contributed by atoms with Crippen LogP contribution in [-0.4, -0.2) is 4.57 Å². The smallest absolute Gasteiger partial charge is 0.143 e. The summed E-state index contributed by atoms with van der Waals surface area (Å²) >= 11 is 0. The van der Waals surface area contributed by atoms with Gasteiger partial charge < -0.3 is 13.9 Å². The predicted octanol–water partition coefficient (Wildman–Crippen LogP) is 17.5. The highest BCUT2D eigenvalue weighted by Gasteiger charge is 2.23. The van der Waals surface area contributed by atoms with E-state index in [0.29, 0.717) is 0 Å². The summed E-state index contributed by atoms with van der Waals surface area (Å²) in [5.74, 6) is 0. The summed E-state index contributed by atoms with van der Waals surface area (Å²) in [6.45, 7) is 0. The molecule has 2 heterocycles. The molecule has 0 bridgehead atoms. The van der Waals surface area contributed by atoms with Gasteiger partial charge in [0, 0.05) is 49.7 Å². The number of benzene rings is 11. The maximum atomic E-state index is 6.89. The first-order valence-corrected chi connectivity index (χ1v) is 22.2. The van der Waals surface area contributed by atoms with Crippen molar-refractivity contribution in [2.75, 3.05) is 4.90 Å². The van der Waals surface area contributed by atoms with Crippen LogP contribution in [-0.2, 0) is 0 Å². The second kappa shape index (κ2) is 15.0. The third kappa shape index (κ3) is 6.12. The third-order valence-corrected chi connectivity index (χ3v) is 13.2. The standard InChI is InChI=1S/C62H40N2O/c1-2-14-41(15-3-1)42-28-33-47(34-29-42)63(48-35-30-43(31-36-48)45-32-37-51-46(38-45)27-26-44-16-4-5-17-50(44)51)49-39-56(62-57(40-49)55-21-9-13-25-61(55)65-62)54-20-8-12-24-60(54)64-58-22-10-6-18-52(58)53-19-7-11-23-59(53)64/h1-40H. The maximum absolute atomic E-state index is 6.89. The van der Waals surface area contributed by atoms with Crippen molar-refractivity contribution in [3.8, 4) is 39.1 Å². The molecule has 0 N–H and O–H groups in total. The van der Waals surface area contributed by atoms with Crippen LogP contribution in [0.5, 0.6) is 0 Å². The van der Waals surface area contributed by atoms with Crippen LogP contribution in [0.1, 0.15) is 0 Å². The molecule has 0 radical (unpaired) electrons. The van der Waals surface area contributed by atoms with E-state index in [-0.39, 0.29) is 0 Å². The van der Waals surface area contributed by atoms with Gasteiger partial charge in [0.15, 0.2) is 0 Å². The van der Waals surface area contributed by atoms with Gasteiger partial charge in [0.2, 0.25) is 0 Å². The topological polar surface area (TPSA) is 21.3 Å². The van der Waals surface area contributed by atoms with Crippen LogP contribution in [0.3, 0.4) is 0 Å². The SMILES string of the molecule is c1ccc(-c2ccc(N(c3ccc(-c4ccc5c(ccc6ccccc65)c4)cc3)c3cc(-c4ccccc4-n4c5ccccc5c5ccccc54)c4oc5ccccc5c4c3)cc2)cc1. The van der Waals surface area contributed by atoms with Gasteiger partial charge in [0.25, 0.3) is 0 Å². The lowest BCUT2D eigenvalue weighted by Crippen LogP contribution is -2.10. The summed E-state index contributed by atoms with van der Waals surface area (Å²) in [6.07, 6.45) is 0. The van der Waals surface area contributed by atoms with Crippen LogP contribution in [0.4, 0.5) is 17.1 Å². The van der Waals surface area contributed by atoms with Crippen LogP contribution in [0.2, 0.25) is 0 Å². The van der Waals surface area contributed by atoms with Gasteiger partial charge in [-0.1, -0.05) is 176 Å². The van der Waals surface area contributed by atoms with Crippen LogP contribution in [0, 0.1) is 0 Å². The molecule has 0 spiro atoms. The zero-order valence-corrected chi connectivity index (χ0v) is 35.4. The first-order valence-electron chi connectivity index (χ1n) is 22.2. The highest BCUT2D eigenvalue weighted by atomic mass is 16.3. The minimum absolute atomic E-state index is 0.863. The number of rotatable bonds is 7. The molecular weight excluding hydrogens is 789 g/mol. The van der Waals surface area contributed by atoms with Crippen molar-refractivity contribution in [2.24, 2.45) is 0 Å². The highest BCUT2D eigenvalue weighted by molar-refractivity contribution is 6.14. The van der Waals surface area contributed by atoms with Crippen LogP contribution < -0.4 is 4.90 Å². The summed E-state index contributed by atoms with van der Waals surface area (Å²) in [7, 11) is 0. The number of nitrogens with zero attached hydrogens (tertiary/aromatic N) is 2. The molecule has 0 fully saturated rings. The lowest BCUT2D eigenvalue weighted by atomic mass is 9.97. The Kier molecular flexibility index (Phi) is 8.53. The first-order chi connectivity index (χ1) is 32.2. The molecule has 0 saturated carbocycles. The van der Waals surface area contributed by atoms with Crippen LogP contribution in [0.15, 0.2) is 247 Å². The van der Waals surface area contributed by atoms with E-state index < -0.39 is 0 Å². The molecule has 0 aliphatic heterocycles. The fourth-order valence-corrected chi connectivity index (χ4v) is 10.1. The molecule has 13 rings (SSSR count). The highest BCUT2D eigenvalue weighted by Crippen LogP contribution is 2.46. The second-order valence-corrected chi connectivity index (χ2v) is 16.9. The first kappa shape index (κ1) is 36.9. The molecule has 0 atom stereocenters. The average molecular weight is 829 g/mol. The monoisotopic (exact) mass is 828 g/mol. The zero-order valence-electron chi connectivity index (χ0n) is 35.4. The van der Waals surface area contributed by atoms with E-state index in [0.717, 1.165) is 66.8 Å². The Labute approximate surface area is 376 Å². The molecule has 13 aromatic rings. The van der Waals surface area contributed by atoms with Gasteiger partial charge in [-0.25, -0.2) is 0 Å². The number of hydrogen-bond acceptors (Lipinski definition) is 2. The fraction of sp³-hybridized carbons (Fsp3) is 0. The molecule has 0 aliphatic carbocycles. The molecule has 65 heavy (non-hydrogen) atoms. The lowest BCUT2D eigenvalue weighted by Gasteiger charge is -2.27. The van der Waals surface area contributed by atoms with Crippen LogP contribution >= 0.6 is 0 Å². The Hall–Kier alpha value is -8.66. The molecule has 304 valence electrons. The lowest BCUT2D eigenvalue weighted by molar-refractivity contribution is 0.670. The Balaban J connectivity index is 1.01. The number of aromatic nitrogens is 1. The Bertz CT molecular complexity index is 3880. The molecule has 0 amide bonds. The number of para-hydroxylation sites is 4. The van der Waals surface area contributed by atoms with Gasteiger partial charge in [0.05, 0.1) is 16.7 Å². The van der Waals surface area contributed by atoms with E-state index in [4.69, 9.17) is 4.42 Å². The average Bonchev–Trinajstić information content (AvgIpc) is 3.93. The summed E-state index contributed by atoms with van der Waals surface area (Å²) in [6, 6.07) is 87.7. The van der Waals surface area contributed by atoms with E-state index >= 15 is 0 Å². The van der Waals surface area contributed by atoms with Gasteiger partial charge in [-0.3, -0.25) is 0 Å². The number of anilines is 3. The summed E-state index contributed by atoms with van der Waals surface area (Å²) in [4.78, 5) is 2.39. The second-order valence-electron chi connectivity index (χ2n) is 16.9. The summed E-state index contributed by atoms with van der Waals surface area (Å²) in [5.41, 5.74) is 15.1. The van der Waals surface area contributed by atoms with E-state index in [1.165, 1.54) is 54.6 Å². The fourth-order valence-electron chi connectivity index (χ4n) is 10.1. The van der Waals surface area contributed by atoms with Crippen molar-refractivity contribution in [2.45, 2.75) is 0 Å². The largest absolute Gasteiger partial charge is 0.455 e. The van der Waals surface area contributed by atoms with E-state index in [2.05, 4.69) is 252 Å².